The number of thioether (sulfide) groups is 1. The summed E-state index contributed by atoms with van der Waals surface area (Å²) in [6, 6.07) is 13.5. The number of hydrogen-bond acceptors (Lipinski definition) is 6. The topological polar surface area (TPSA) is 92.8 Å². The van der Waals surface area contributed by atoms with Gasteiger partial charge in [0.25, 0.3) is 0 Å². The number of nitrogens with one attached hydrogen (secondary N) is 1. The van der Waals surface area contributed by atoms with E-state index >= 15 is 0 Å². The van der Waals surface area contributed by atoms with Crippen LogP contribution in [0.5, 0.6) is 5.75 Å². The van der Waals surface area contributed by atoms with Crippen LogP contribution >= 0.6 is 11.8 Å². The second kappa shape index (κ2) is 10.1. The second-order valence-electron chi connectivity index (χ2n) is 6.83. The minimum atomic E-state index is -3.86. The van der Waals surface area contributed by atoms with Crippen LogP contribution in [0.15, 0.2) is 59.5 Å². The first kappa shape index (κ1) is 22.3. The van der Waals surface area contributed by atoms with Crippen molar-refractivity contribution >= 4 is 39.3 Å². The van der Waals surface area contributed by atoms with Gasteiger partial charge in [-0.3, -0.25) is 4.79 Å². The molecule has 0 unspecified atom stereocenters. The summed E-state index contributed by atoms with van der Waals surface area (Å²) in [5.41, 5.74) is 0.751. The van der Waals surface area contributed by atoms with Crippen molar-refractivity contribution in [2.75, 3.05) is 23.5 Å². The molecule has 3 rings (SSSR count). The molecule has 1 aliphatic heterocycles. The van der Waals surface area contributed by atoms with Gasteiger partial charge in [-0.05, 0) is 61.2 Å². The van der Waals surface area contributed by atoms with Crippen molar-refractivity contribution in [2.45, 2.75) is 30.2 Å². The molecule has 1 fully saturated rings. The van der Waals surface area contributed by atoms with Crippen molar-refractivity contribution in [3.05, 3.63) is 54.6 Å². The highest BCUT2D eigenvalue weighted by molar-refractivity contribution is 7.98. The fourth-order valence-electron chi connectivity index (χ4n) is 3.12. The number of anilines is 1. The Balaban J connectivity index is 1.70. The highest BCUT2D eigenvalue weighted by atomic mass is 32.2. The van der Waals surface area contributed by atoms with Crippen molar-refractivity contribution in [1.29, 1.82) is 0 Å². The van der Waals surface area contributed by atoms with Gasteiger partial charge in [0.15, 0.2) is 0 Å². The highest BCUT2D eigenvalue weighted by Crippen LogP contribution is 2.24. The van der Waals surface area contributed by atoms with Gasteiger partial charge in [0.2, 0.25) is 15.9 Å². The lowest BCUT2D eigenvalue weighted by atomic mass is 10.2. The van der Waals surface area contributed by atoms with E-state index in [-0.39, 0.29) is 10.8 Å². The molecule has 0 aromatic heterocycles. The average molecular weight is 449 g/mol. The molecule has 0 saturated carbocycles. The maximum absolute atomic E-state index is 12.7. The molecule has 2 aromatic rings. The fraction of sp³-hybridized carbons (Fsp3) is 0.333. The van der Waals surface area contributed by atoms with Crippen LogP contribution in [0.25, 0.3) is 0 Å². The molecule has 1 aliphatic rings. The molecule has 0 spiro atoms. The van der Waals surface area contributed by atoms with Gasteiger partial charge in [-0.15, -0.1) is 0 Å². The summed E-state index contributed by atoms with van der Waals surface area (Å²) in [4.78, 5) is 26.3. The van der Waals surface area contributed by atoms with Crippen LogP contribution in [0.4, 0.5) is 5.69 Å². The van der Waals surface area contributed by atoms with Crippen molar-refractivity contribution in [1.82, 2.24) is 4.72 Å². The summed E-state index contributed by atoms with van der Waals surface area (Å²) in [6.07, 6.45) is 3.54. The van der Waals surface area contributed by atoms with E-state index in [1.165, 1.54) is 23.9 Å². The van der Waals surface area contributed by atoms with Gasteiger partial charge >= 0.3 is 5.97 Å². The lowest BCUT2D eigenvalue weighted by Gasteiger charge is -2.18. The molecular weight excluding hydrogens is 424 g/mol. The fourth-order valence-corrected chi connectivity index (χ4v) is 4.83. The molecule has 0 aliphatic carbocycles. The smallest absolute Gasteiger partial charge is 0.329 e. The summed E-state index contributed by atoms with van der Waals surface area (Å²) in [5, 5.41) is 0. The first-order valence-corrected chi connectivity index (χ1v) is 12.5. The summed E-state index contributed by atoms with van der Waals surface area (Å²) in [7, 11) is -3.86. The number of ether oxygens (including phenoxy) is 1. The Morgan fingerprint density at radius 3 is 2.47 bits per heavy atom. The van der Waals surface area contributed by atoms with Gasteiger partial charge in [0.1, 0.15) is 11.8 Å². The lowest BCUT2D eigenvalue weighted by Crippen LogP contribution is -2.43. The molecule has 30 heavy (non-hydrogen) atoms. The first-order chi connectivity index (χ1) is 14.4. The minimum Gasteiger partial charge on any atom is -0.425 e. The third-order valence-corrected chi connectivity index (χ3v) is 6.82. The van der Waals surface area contributed by atoms with Crippen LogP contribution in [0, 0.1) is 0 Å². The highest BCUT2D eigenvalue weighted by Gasteiger charge is 2.27. The number of benzene rings is 2. The number of carbonyl (C=O) groups excluding carboxylic acids is 2. The Morgan fingerprint density at radius 2 is 1.87 bits per heavy atom. The number of amides is 1. The third kappa shape index (κ3) is 5.62. The zero-order valence-corrected chi connectivity index (χ0v) is 18.2. The second-order valence-corrected chi connectivity index (χ2v) is 9.53. The predicted octanol–water partition coefficient (Wildman–Crippen LogP) is 2.82. The number of carbonyl (C=O) groups is 2. The summed E-state index contributed by atoms with van der Waals surface area (Å²) >= 11 is 1.51. The Kier molecular flexibility index (Phi) is 7.52. The Hall–Kier alpha value is -2.36. The molecule has 1 saturated heterocycles. The van der Waals surface area contributed by atoms with Crippen LogP contribution in [0.1, 0.15) is 19.3 Å². The van der Waals surface area contributed by atoms with Crippen molar-refractivity contribution in [2.24, 2.45) is 0 Å². The van der Waals surface area contributed by atoms with Crippen LogP contribution in [0.3, 0.4) is 0 Å². The van der Waals surface area contributed by atoms with E-state index in [0.29, 0.717) is 30.9 Å². The predicted molar refractivity (Wildman–Crippen MR) is 117 cm³/mol. The van der Waals surface area contributed by atoms with E-state index < -0.39 is 22.0 Å². The van der Waals surface area contributed by atoms with Gasteiger partial charge in [0.05, 0.1) is 4.90 Å². The first-order valence-electron chi connectivity index (χ1n) is 9.59. The van der Waals surface area contributed by atoms with Crippen molar-refractivity contribution in [3.63, 3.8) is 0 Å². The van der Waals surface area contributed by atoms with E-state index in [2.05, 4.69) is 4.72 Å². The minimum absolute atomic E-state index is 0.0761. The summed E-state index contributed by atoms with van der Waals surface area (Å²) < 4.78 is 33.1. The molecule has 0 bridgehead atoms. The van der Waals surface area contributed by atoms with E-state index in [1.807, 2.05) is 6.26 Å². The van der Waals surface area contributed by atoms with Gasteiger partial charge in [0, 0.05) is 18.7 Å². The number of hydrogen-bond donors (Lipinski definition) is 1. The quantitative estimate of drug-likeness (QED) is 0.468. The molecule has 2 aromatic carbocycles. The lowest BCUT2D eigenvalue weighted by molar-refractivity contribution is -0.136. The molecule has 0 radical (unpaired) electrons. The Labute approximate surface area is 180 Å². The maximum Gasteiger partial charge on any atom is 0.329 e. The molecule has 1 heterocycles. The van der Waals surface area contributed by atoms with E-state index in [4.69, 9.17) is 4.74 Å². The molecule has 9 heteroatoms. The Bertz CT molecular complexity index is 978. The van der Waals surface area contributed by atoms with E-state index in [1.54, 1.807) is 47.4 Å². The van der Waals surface area contributed by atoms with E-state index in [0.717, 1.165) is 12.1 Å². The van der Waals surface area contributed by atoms with Gasteiger partial charge in [-0.1, -0.05) is 18.2 Å². The monoisotopic (exact) mass is 448 g/mol. The normalized spacial score (nSPS) is 15.2. The average Bonchev–Trinajstić information content (AvgIpc) is 3.18. The third-order valence-electron chi connectivity index (χ3n) is 4.69. The van der Waals surface area contributed by atoms with E-state index in [9.17, 15) is 18.0 Å². The van der Waals surface area contributed by atoms with Crippen LogP contribution < -0.4 is 14.4 Å². The van der Waals surface area contributed by atoms with Gasteiger partial charge < -0.3 is 9.64 Å². The zero-order chi connectivity index (χ0) is 21.6. The van der Waals surface area contributed by atoms with Crippen LogP contribution in [-0.2, 0) is 19.6 Å². The van der Waals surface area contributed by atoms with Crippen LogP contribution in [0.2, 0.25) is 0 Å². The van der Waals surface area contributed by atoms with Crippen molar-refractivity contribution in [3.8, 4) is 5.75 Å². The summed E-state index contributed by atoms with van der Waals surface area (Å²) in [6.45, 7) is 0.677. The number of esters is 1. The van der Waals surface area contributed by atoms with Crippen LogP contribution in [-0.4, -0.2) is 44.9 Å². The standard InChI is InChI=1S/C21H24N2O5S2/c1-29-15-13-19(22-30(26,27)18-6-3-2-4-7-18)21(25)28-17-11-9-16(10-12-17)23-14-5-8-20(23)24/h2-4,6-7,9-12,19,22H,5,8,13-15H2,1H3/t19-/m1/s1. The SMILES string of the molecule is CSCC[C@@H](NS(=O)(=O)c1ccccc1)C(=O)Oc1ccc(N2CCCC2=O)cc1. The van der Waals surface area contributed by atoms with Crippen molar-refractivity contribution < 1.29 is 22.7 Å². The Morgan fingerprint density at radius 1 is 1.17 bits per heavy atom. The maximum atomic E-state index is 12.7. The number of nitrogens with zero attached hydrogens (tertiary/aromatic N) is 1. The molecular formula is C21H24N2O5S2. The molecule has 1 atom stereocenters. The summed E-state index contributed by atoms with van der Waals surface area (Å²) in [5.74, 6) is 0.289. The molecule has 1 amide bonds. The molecule has 7 nitrogen and oxygen atoms in total. The zero-order valence-electron chi connectivity index (χ0n) is 16.6. The van der Waals surface area contributed by atoms with Gasteiger partial charge in [-0.25, -0.2) is 13.2 Å². The number of rotatable bonds is 9. The molecule has 1 N–H and O–H groups in total. The molecule has 160 valence electrons. The number of sulfonamides is 1. The largest absolute Gasteiger partial charge is 0.425 e. The van der Waals surface area contributed by atoms with Gasteiger partial charge in [-0.2, -0.15) is 16.5 Å².